The minimum atomic E-state index is -0.477. The Balaban J connectivity index is 1.11. The van der Waals surface area contributed by atoms with Gasteiger partial charge in [0.25, 0.3) is 6.71 Å². The number of thiophene rings is 1. The highest BCUT2D eigenvalue weighted by atomic mass is 32.1. The van der Waals surface area contributed by atoms with Gasteiger partial charge in [0.1, 0.15) is 0 Å². The summed E-state index contributed by atoms with van der Waals surface area (Å²) in [5, 5.41) is 4.03. The number of aryl methyl sites for hydroxylation is 2. The van der Waals surface area contributed by atoms with Gasteiger partial charge < -0.3 is 9.80 Å². The molecule has 4 aliphatic rings. The summed E-state index contributed by atoms with van der Waals surface area (Å²) < 4.78 is 2.72. The number of hydrogen-bond donors (Lipinski definition) is 0. The zero-order chi connectivity index (χ0) is 40.1. The van der Waals surface area contributed by atoms with Crippen LogP contribution in [0.4, 0.5) is 34.1 Å². The highest BCUT2D eigenvalue weighted by molar-refractivity contribution is 7.33. The smallest absolute Gasteiger partial charge is 0.264 e. The predicted molar refractivity (Wildman–Crippen MR) is 259 cm³/mol. The van der Waals surface area contributed by atoms with Gasteiger partial charge >= 0.3 is 0 Å². The van der Waals surface area contributed by atoms with Crippen LogP contribution in [0.2, 0.25) is 0 Å². The maximum Gasteiger partial charge on any atom is 0.264 e. The molecule has 1 unspecified atom stereocenters. The maximum absolute atomic E-state index is 2.61. The average Bonchev–Trinajstić information content (AvgIpc) is 3.81. The van der Waals surface area contributed by atoms with Gasteiger partial charge in [0, 0.05) is 43.3 Å². The Bertz CT molecular complexity index is 3530. The van der Waals surface area contributed by atoms with Crippen molar-refractivity contribution >= 4 is 88.7 Å². The topological polar surface area (TPSA) is 6.48 Å². The molecule has 0 amide bonds. The van der Waals surface area contributed by atoms with E-state index in [4.69, 9.17) is 0 Å². The third-order valence-corrected chi connectivity index (χ3v) is 15.4. The molecule has 4 heteroatoms. The van der Waals surface area contributed by atoms with Crippen molar-refractivity contribution < 1.29 is 0 Å². The summed E-state index contributed by atoms with van der Waals surface area (Å²) in [7, 11) is 0. The van der Waals surface area contributed by atoms with Gasteiger partial charge in [0.05, 0.1) is 11.1 Å². The molecule has 2 aliphatic carbocycles. The summed E-state index contributed by atoms with van der Waals surface area (Å²) in [5.74, 6) is 0. The summed E-state index contributed by atoms with van der Waals surface area (Å²) >= 11 is 1.99. The van der Waals surface area contributed by atoms with Crippen LogP contribution in [0.5, 0.6) is 0 Å². The number of hydrogen-bond acceptors (Lipinski definition) is 3. The van der Waals surface area contributed by atoms with Gasteiger partial charge in [-0.2, -0.15) is 0 Å². The fourth-order valence-electron chi connectivity index (χ4n) is 11.9. The van der Waals surface area contributed by atoms with E-state index in [0.29, 0.717) is 0 Å². The molecule has 0 radical (unpaired) electrons. The molecule has 1 spiro atoms. The SMILES string of the molecule is Cc1ccc2c(c1)C1(c3cc4sc5c(c4cc3-2)N(c2ccccc2)c2cccc3c2B5c2ccccc2N3c2ccccc2)c2ccccc2-c2ccc(C)c3cccc1c23. The second-order valence-corrected chi connectivity index (χ2v) is 18.3. The van der Waals surface area contributed by atoms with Crippen LogP contribution in [0.25, 0.3) is 43.1 Å². The Labute approximate surface area is 359 Å². The van der Waals surface area contributed by atoms with Crippen molar-refractivity contribution in [1.29, 1.82) is 0 Å². The van der Waals surface area contributed by atoms with E-state index in [9.17, 15) is 0 Å². The third kappa shape index (κ3) is 4.18. The van der Waals surface area contributed by atoms with Crippen molar-refractivity contribution in [3.63, 3.8) is 0 Å². The number of benzene rings is 9. The van der Waals surface area contributed by atoms with Crippen LogP contribution >= 0.6 is 11.3 Å². The molecule has 3 heterocycles. The van der Waals surface area contributed by atoms with Gasteiger partial charge in [0.2, 0.25) is 0 Å². The molecule has 10 aromatic rings. The quantitative estimate of drug-likeness (QED) is 0.161. The first-order chi connectivity index (χ1) is 30.1. The Kier molecular flexibility index (Phi) is 6.62. The molecule has 0 N–H and O–H groups in total. The zero-order valence-corrected chi connectivity index (χ0v) is 34.6. The van der Waals surface area contributed by atoms with Crippen LogP contribution in [0.15, 0.2) is 188 Å². The number of nitrogens with zero attached hydrogens (tertiary/aromatic N) is 2. The molecule has 0 saturated heterocycles. The Morgan fingerprint density at radius 1 is 0.459 bits per heavy atom. The first kappa shape index (κ1) is 33.7. The van der Waals surface area contributed by atoms with E-state index in [1.165, 1.54) is 126 Å². The third-order valence-electron chi connectivity index (χ3n) is 14.2. The highest BCUT2D eigenvalue weighted by Gasteiger charge is 2.51. The van der Waals surface area contributed by atoms with Crippen LogP contribution in [0, 0.1) is 13.8 Å². The van der Waals surface area contributed by atoms with Crippen LogP contribution < -0.4 is 25.5 Å². The molecule has 2 nitrogen and oxygen atoms in total. The van der Waals surface area contributed by atoms with E-state index in [1.807, 2.05) is 11.3 Å². The summed E-state index contributed by atoms with van der Waals surface area (Å²) in [6.07, 6.45) is 0. The van der Waals surface area contributed by atoms with E-state index >= 15 is 0 Å². The van der Waals surface area contributed by atoms with Crippen molar-refractivity contribution in [2.45, 2.75) is 19.3 Å². The zero-order valence-electron chi connectivity index (χ0n) is 33.8. The Morgan fingerprint density at radius 2 is 1.10 bits per heavy atom. The lowest BCUT2D eigenvalue weighted by molar-refractivity contribution is 0.773. The molecule has 0 fully saturated rings. The molecular weight excluding hydrogens is 756 g/mol. The van der Waals surface area contributed by atoms with E-state index < -0.39 is 5.41 Å². The molecule has 61 heavy (non-hydrogen) atoms. The van der Waals surface area contributed by atoms with Crippen LogP contribution in [-0.4, -0.2) is 6.71 Å². The molecule has 1 aromatic heterocycles. The molecule has 9 aromatic carbocycles. The Morgan fingerprint density at radius 3 is 1.93 bits per heavy atom. The number of fused-ring (bicyclic) bond motifs is 15. The number of anilines is 6. The summed E-state index contributed by atoms with van der Waals surface area (Å²) in [4.78, 5) is 5.05. The molecule has 0 saturated carbocycles. The van der Waals surface area contributed by atoms with Gasteiger partial charge in [-0.1, -0.05) is 139 Å². The second kappa shape index (κ2) is 12.0. The fraction of sp³-hybridized carbons (Fsp3) is 0.0526. The van der Waals surface area contributed by atoms with Gasteiger partial charge in [-0.15, -0.1) is 11.3 Å². The summed E-state index contributed by atoms with van der Waals surface area (Å²) in [5.41, 5.74) is 23.1. The van der Waals surface area contributed by atoms with E-state index in [0.717, 1.165) is 0 Å². The maximum atomic E-state index is 2.61. The van der Waals surface area contributed by atoms with E-state index in [-0.39, 0.29) is 6.71 Å². The van der Waals surface area contributed by atoms with Crippen LogP contribution in [0.3, 0.4) is 0 Å². The van der Waals surface area contributed by atoms with Crippen molar-refractivity contribution in [2.24, 2.45) is 0 Å². The lowest BCUT2D eigenvalue weighted by Crippen LogP contribution is -2.60. The monoisotopic (exact) mass is 792 g/mol. The van der Waals surface area contributed by atoms with Crippen LogP contribution in [0.1, 0.15) is 33.4 Å². The van der Waals surface area contributed by atoms with E-state index in [1.54, 1.807) is 0 Å². The second-order valence-electron chi connectivity index (χ2n) is 17.3. The van der Waals surface area contributed by atoms with Crippen molar-refractivity contribution in [3.8, 4) is 22.3 Å². The van der Waals surface area contributed by atoms with Gasteiger partial charge in [0.15, 0.2) is 0 Å². The molecular formula is C57H37BN2S. The normalized spacial score (nSPS) is 16.0. The first-order valence-corrected chi connectivity index (χ1v) is 22.2. The minimum absolute atomic E-state index is 0.0764. The standard InChI is InChI=1S/C57H37BN2S/c1-34-27-29-40-42-32-43-52(33-47(42)57(46(40)31-34)44-21-10-9-19-39(44)41-30-28-35(2)38-20-13-22-45(57)53(38)41)61-56-55(43)60(37-17-7-4-8-18-37)51-26-14-25-50-54(51)58(56)48-23-11-12-24-49(48)59(50)36-15-5-3-6-16-36/h3-33H,1-2H3. The largest absolute Gasteiger partial charge is 0.311 e. The summed E-state index contributed by atoms with van der Waals surface area (Å²) in [6, 6.07) is 71.3. The predicted octanol–water partition coefficient (Wildman–Crippen LogP) is 13.1. The van der Waals surface area contributed by atoms with Crippen molar-refractivity contribution in [2.75, 3.05) is 9.80 Å². The fourth-order valence-corrected chi connectivity index (χ4v) is 13.2. The molecule has 2 aliphatic heterocycles. The minimum Gasteiger partial charge on any atom is -0.311 e. The molecule has 284 valence electrons. The molecule has 0 bridgehead atoms. The lowest BCUT2D eigenvalue weighted by atomic mass is 9.36. The molecule has 14 rings (SSSR count). The van der Waals surface area contributed by atoms with Crippen molar-refractivity contribution in [1.82, 2.24) is 0 Å². The van der Waals surface area contributed by atoms with Crippen molar-refractivity contribution in [3.05, 3.63) is 221 Å². The Hall–Kier alpha value is -7.14. The number of rotatable bonds is 2. The van der Waals surface area contributed by atoms with Gasteiger partial charge in [-0.3, -0.25) is 0 Å². The number of para-hydroxylation sites is 3. The summed E-state index contributed by atoms with van der Waals surface area (Å²) in [6.45, 7) is 4.59. The lowest BCUT2D eigenvalue weighted by Gasteiger charge is -2.43. The van der Waals surface area contributed by atoms with E-state index in [2.05, 4.69) is 212 Å². The first-order valence-electron chi connectivity index (χ1n) is 21.4. The highest BCUT2D eigenvalue weighted by Crippen LogP contribution is 2.63. The molecule has 1 atom stereocenters. The van der Waals surface area contributed by atoms with Crippen LogP contribution in [-0.2, 0) is 5.41 Å². The van der Waals surface area contributed by atoms with Gasteiger partial charge in [-0.05, 0) is 140 Å². The average molecular weight is 793 g/mol. The van der Waals surface area contributed by atoms with Gasteiger partial charge in [-0.25, -0.2) is 0 Å².